The van der Waals surface area contributed by atoms with Gasteiger partial charge in [0, 0.05) is 13.2 Å². The summed E-state index contributed by atoms with van der Waals surface area (Å²) in [5.74, 6) is 0. The van der Waals surface area contributed by atoms with E-state index in [1.807, 2.05) is 0 Å². The van der Waals surface area contributed by atoms with Gasteiger partial charge in [-0.05, 0) is 19.4 Å². The van der Waals surface area contributed by atoms with Crippen LogP contribution < -0.4 is 5.32 Å². The normalized spacial score (nSPS) is 29.1. The molecule has 13 heavy (non-hydrogen) atoms. The van der Waals surface area contributed by atoms with E-state index in [-0.39, 0.29) is 12.2 Å². The Morgan fingerprint density at radius 1 is 1.46 bits per heavy atom. The lowest BCUT2D eigenvalue weighted by Gasteiger charge is -2.28. The second kappa shape index (κ2) is 6.35. The Labute approximate surface area is 80.5 Å². The molecule has 3 heteroatoms. The SMILES string of the molecule is CCCCCOC1CCNCC1O. The first-order chi connectivity index (χ1) is 6.34. The van der Waals surface area contributed by atoms with Gasteiger partial charge in [-0.3, -0.25) is 0 Å². The molecule has 1 saturated heterocycles. The van der Waals surface area contributed by atoms with Crippen LogP contribution in [0.5, 0.6) is 0 Å². The standard InChI is InChI=1S/C10H21NO2/c1-2-3-4-7-13-10-5-6-11-8-9(10)12/h9-12H,2-8H2,1H3. The second-order valence-electron chi connectivity index (χ2n) is 3.68. The molecule has 0 saturated carbocycles. The molecule has 78 valence electrons. The molecule has 0 amide bonds. The quantitative estimate of drug-likeness (QED) is 0.629. The van der Waals surface area contributed by atoms with E-state index in [1.54, 1.807) is 0 Å². The molecule has 1 aliphatic heterocycles. The maximum atomic E-state index is 9.54. The van der Waals surface area contributed by atoms with Crippen LogP contribution >= 0.6 is 0 Å². The lowest BCUT2D eigenvalue weighted by Crippen LogP contribution is -2.45. The predicted molar refractivity (Wildman–Crippen MR) is 52.8 cm³/mol. The summed E-state index contributed by atoms with van der Waals surface area (Å²) in [5, 5.41) is 12.7. The van der Waals surface area contributed by atoms with Crippen LogP contribution in [0, 0.1) is 0 Å². The van der Waals surface area contributed by atoms with Gasteiger partial charge in [-0.2, -0.15) is 0 Å². The van der Waals surface area contributed by atoms with Crippen LogP contribution in [0.1, 0.15) is 32.6 Å². The zero-order chi connectivity index (χ0) is 9.52. The Bertz CT molecular complexity index is 130. The molecule has 0 spiro atoms. The molecule has 0 aromatic heterocycles. The Balaban J connectivity index is 2.05. The van der Waals surface area contributed by atoms with Gasteiger partial charge in [-0.1, -0.05) is 19.8 Å². The Hall–Kier alpha value is -0.120. The second-order valence-corrected chi connectivity index (χ2v) is 3.68. The first kappa shape index (κ1) is 11.0. The predicted octanol–water partition coefficient (Wildman–Crippen LogP) is 0.916. The minimum Gasteiger partial charge on any atom is -0.389 e. The van der Waals surface area contributed by atoms with Gasteiger partial charge in [0.1, 0.15) is 0 Å². The minimum absolute atomic E-state index is 0.0677. The third-order valence-corrected chi connectivity index (χ3v) is 2.47. The molecule has 3 nitrogen and oxygen atoms in total. The van der Waals surface area contributed by atoms with Crippen LogP contribution in [0.2, 0.25) is 0 Å². The van der Waals surface area contributed by atoms with E-state index >= 15 is 0 Å². The zero-order valence-electron chi connectivity index (χ0n) is 8.46. The van der Waals surface area contributed by atoms with E-state index in [4.69, 9.17) is 4.74 Å². The molecule has 0 radical (unpaired) electrons. The van der Waals surface area contributed by atoms with Crippen molar-refractivity contribution in [1.29, 1.82) is 0 Å². The van der Waals surface area contributed by atoms with Crippen molar-refractivity contribution < 1.29 is 9.84 Å². The molecular weight excluding hydrogens is 166 g/mol. The maximum absolute atomic E-state index is 9.54. The van der Waals surface area contributed by atoms with Crippen LogP contribution in [0.3, 0.4) is 0 Å². The topological polar surface area (TPSA) is 41.5 Å². The molecule has 1 fully saturated rings. The van der Waals surface area contributed by atoms with Crippen molar-refractivity contribution in [2.75, 3.05) is 19.7 Å². The number of β-amino-alcohol motifs (C(OH)–C–C–N with tert-alkyl or cyclic N) is 1. The van der Waals surface area contributed by atoms with Crippen LogP contribution in [-0.2, 0) is 4.74 Å². The molecule has 0 aliphatic carbocycles. The van der Waals surface area contributed by atoms with Gasteiger partial charge < -0.3 is 15.2 Å². The molecule has 2 atom stereocenters. The largest absolute Gasteiger partial charge is 0.389 e. The van der Waals surface area contributed by atoms with Crippen LogP contribution in [0.4, 0.5) is 0 Å². The maximum Gasteiger partial charge on any atom is 0.0926 e. The van der Waals surface area contributed by atoms with Gasteiger partial charge in [0.05, 0.1) is 12.2 Å². The average molecular weight is 187 g/mol. The molecule has 1 rings (SSSR count). The number of hydrogen-bond acceptors (Lipinski definition) is 3. The molecule has 0 bridgehead atoms. The lowest BCUT2D eigenvalue weighted by molar-refractivity contribution is -0.0525. The fourth-order valence-electron chi connectivity index (χ4n) is 1.60. The molecule has 0 aromatic rings. The Morgan fingerprint density at radius 3 is 3.00 bits per heavy atom. The van der Waals surface area contributed by atoms with Crippen molar-refractivity contribution in [2.24, 2.45) is 0 Å². The van der Waals surface area contributed by atoms with Gasteiger partial charge >= 0.3 is 0 Å². The summed E-state index contributed by atoms with van der Waals surface area (Å²) in [6, 6.07) is 0. The summed E-state index contributed by atoms with van der Waals surface area (Å²) < 4.78 is 5.61. The van der Waals surface area contributed by atoms with Crippen molar-refractivity contribution in [1.82, 2.24) is 5.32 Å². The van der Waals surface area contributed by atoms with Gasteiger partial charge in [0.2, 0.25) is 0 Å². The number of nitrogens with one attached hydrogen (secondary N) is 1. The number of piperidine rings is 1. The third kappa shape index (κ3) is 4.07. The number of unbranched alkanes of at least 4 members (excludes halogenated alkanes) is 2. The van der Waals surface area contributed by atoms with Crippen molar-refractivity contribution in [3.63, 3.8) is 0 Å². The molecular formula is C10H21NO2. The summed E-state index contributed by atoms with van der Waals surface area (Å²) >= 11 is 0. The fraction of sp³-hybridized carbons (Fsp3) is 1.00. The molecule has 1 heterocycles. The number of rotatable bonds is 5. The van der Waals surface area contributed by atoms with Crippen molar-refractivity contribution >= 4 is 0 Å². The van der Waals surface area contributed by atoms with Crippen molar-refractivity contribution in [3.05, 3.63) is 0 Å². The average Bonchev–Trinajstić information content (AvgIpc) is 2.15. The first-order valence-corrected chi connectivity index (χ1v) is 5.35. The number of hydrogen-bond donors (Lipinski definition) is 2. The summed E-state index contributed by atoms with van der Waals surface area (Å²) in [7, 11) is 0. The molecule has 2 N–H and O–H groups in total. The highest BCUT2D eigenvalue weighted by atomic mass is 16.5. The summed E-state index contributed by atoms with van der Waals surface area (Å²) in [5.41, 5.74) is 0. The van der Waals surface area contributed by atoms with E-state index in [0.29, 0.717) is 6.54 Å². The van der Waals surface area contributed by atoms with Crippen LogP contribution in [-0.4, -0.2) is 37.0 Å². The number of ether oxygens (including phenoxy) is 1. The fourth-order valence-corrected chi connectivity index (χ4v) is 1.60. The van der Waals surface area contributed by atoms with E-state index < -0.39 is 0 Å². The van der Waals surface area contributed by atoms with E-state index in [2.05, 4.69) is 12.2 Å². The number of aliphatic hydroxyl groups excluding tert-OH is 1. The van der Waals surface area contributed by atoms with E-state index in [1.165, 1.54) is 12.8 Å². The van der Waals surface area contributed by atoms with E-state index in [0.717, 1.165) is 26.0 Å². The van der Waals surface area contributed by atoms with Gasteiger partial charge in [-0.15, -0.1) is 0 Å². The van der Waals surface area contributed by atoms with Crippen molar-refractivity contribution in [2.45, 2.75) is 44.8 Å². The number of aliphatic hydroxyl groups is 1. The Morgan fingerprint density at radius 2 is 2.31 bits per heavy atom. The van der Waals surface area contributed by atoms with Gasteiger partial charge in [0.15, 0.2) is 0 Å². The lowest BCUT2D eigenvalue weighted by atomic mass is 10.1. The van der Waals surface area contributed by atoms with Crippen molar-refractivity contribution in [3.8, 4) is 0 Å². The Kier molecular flexibility index (Phi) is 5.35. The molecule has 1 aliphatic rings. The zero-order valence-corrected chi connectivity index (χ0v) is 8.46. The van der Waals surface area contributed by atoms with Crippen LogP contribution in [0.25, 0.3) is 0 Å². The monoisotopic (exact) mass is 187 g/mol. The summed E-state index contributed by atoms with van der Waals surface area (Å²) in [6.45, 7) is 4.63. The smallest absolute Gasteiger partial charge is 0.0926 e. The highest BCUT2D eigenvalue weighted by molar-refractivity contribution is 4.77. The minimum atomic E-state index is -0.310. The highest BCUT2D eigenvalue weighted by Gasteiger charge is 2.22. The first-order valence-electron chi connectivity index (χ1n) is 5.35. The van der Waals surface area contributed by atoms with Gasteiger partial charge in [0.25, 0.3) is 0 Å². The highest BCUT2D eigenvalue weighted by Crippen LogP contribution is 2.09. The molecule has 2 unspecified atom stereocenters. The van der Waals surface area contributed by atoms with E-state index in [9.17, 15) is 5.11 Å². The summed E-state index contributed by atoms with van der Waals surface area (Å²) in [6.07, 6.45) is 4.26. The molecule has 0 aromatic carbocycles. The third-order valence-electron chi connectivity index (χ3n) is 2.47. The van der Waals surface area contributed by atoms with Gasteiger partial charge in [-0.25, -0.2) is 0 Å². The summed E-state index contributed by atoms with van der Waals surface area (Å²) in [4.78, 5) is 0. The van der Waals surface area contributed by atoms with Crippen LogP contribution in [0.15, 0.2) is 0 Å².